The van der Waals surface area contributed by atoms with Crippen molar-refractivity contribution in [1.29, 1.82) is 0 Å². The number of rotatable bonds is 8. The van der Waals surface area contributed by atoms with Gasteiger partial charge in [-0.2, -0.15) is 0 Å². The van der Waals surface area contributed by atoms with Crippen LogP contribution in [0.5, 0.6) is 11.5 Å². The number of hydrogen-bond acceptors (Lipinski definition) is 3. The first-order chi connectivity index (χ1) is 12.1. The molecule has 6 heteroatoms. The minimum Gasteiger partial charge on any atom is -0.496 e. The van der Waals surface area contributed by atoms with E-state index in [-0.39, 0.29) is 6.03 Å². The molecule has 0 radical (unpaired) electrons. The minimum atomic E-state index is -0.216. The predicted molar refractivity (Wildman–Crippen MR) is 99.8 cm³/mol. The van der Waals surface area contributed by atoms with Crippen LogP contribution in [0.15, 0.2) is 42.5 Å². The first-order valence-electron chi connectivity index (χ1n) is 8.12. The zero-order valence-corrected chi connectivity index (χ0v) is 15.2. The summed E-state index contributed by atoms with van der Waals surface area (Å²) in [5.74, 6) is 1.60. The fourth-order valence-electron chi connectivity index (χ4n) is 2.38. The molecule has 2 aromatic carbocycles. The molecule has 0 bridgehead atoms. The number of ether oxygens (including phenoxy) is 2. The molecule has 134 valence electrons. The van der Waals surface area contributed by atoms with Gasteiger partial charge in [-0.25, -0.2) is 4.79 Å². The number of halogens is 1. The summed E-state index contributed by atoms with van der Waals surface area (Å²) in [7, 11) is 1.64. The van der Waals surface area contributed by atoms with Crippen molar-refractivity contribution in [3.63, 3.8) is 0 Å². The van der Waals surface area contributed by atoms with Crippen LogP contribution in [0.4, 0.5) is 4.79 Å². The van der Waals surface area contributed by atoms with Crippen LogP contribution in [-0.2, 0) is 6.42 Å². The summed E-state index contributed by atoms with van der Waals surface area (Å²) >= 11 is 5.90. The summed E-state index contributed by atoms with van der Waals surface area (Å²) in [5, 5.41) is 6.27. The summed E-state index contributed by atoms with van der Waals surface area (Å²) in [6.45, 7) is 3.27. The van der Waals surface area contributed by atoms with E-state index >= 15 is 0 Å². The molecule has 0 aromatic heterocycles. The van der Waals surface area contributed by atoms with Crippen molar-refractivity contribution in [3.05, 3.63) is 58.6 Å². The van der Waals surface area contributed by atoms with Gasteiger partial charge in [-0.1, -0.05) is 29.8 Å². The molecule has 0 unspecified atom stereocenters. The molecule has 0 aliphatic carbocycles. The number of benzene rings is 2. The lowest BCUT2D eigenvalue weighted by Gasteiger charge is -2.11. The van der Waals surface area contributed by atoms with Gasteiger partial charge in [-0.15, -0.1) is 0 Å². The van der Waals surface area contributed by atoms with Gasteiger partial charge in [-0.3, -0.25) is 0 Å². The van der Waals surface area contributed by atoms with Crippen LogP contribution in [-0.4, -0.2) is 32.8 Å². The second-order valence-electron chi connectivity index (χ2n) is 5.50. The van der Waals surface area contributed by atoms with Crippen LogP contribution in [0.25, 0.3) is 0 Å². The molecular weight excluding hydrogens is 340 g/mol. The van der Waals surface area contributed by atoms with E-state index in [0.29, 0.717) is 31.1 Å². The smallest absolute Gasteiger partial charge is 0.314 e. The quantitative estimate of drug-likeness (QED) is 0.706. The zero-order chi connectivity index (χ0) is 18.1. The molecule has 2 N–H and O–H groups in total. The fraction of sp³-hybridized carbons (Fsp3) is 0.316. The fourth-order valence-corrected chi connectivity index (χ4v) is 2.61. The Bertz CT molecular complexity index is 707. The molecule has 0 aliphatic rings. The van der Waals surface area contributed by atoms with Gasteiger partial charge in [0.2, 0.25) is 0 Å². The topological polar surface area (TPSA) is 59.6 Å². The third kappa shape index (κ3) is 6.19. The van der Waals surface area contributed by atoms with E-state index in [2.05, 4.69) is 10.6 Å². The number of hydrogen-bond donors (Lipinski definition) is 2. The van der Waals surface area contributed by atoms with Crippen molar-refractivity contribution in [2.24, 2.45) is 0 Å². The third-order valence-corrected chi connectivity index (χ3v) is 3.89. The van der Waals surface area contributed by atoms with E-state index < -0.39 is 0 Å². The van der Waals surface area contributed by atoms with Gasteiger partial charge in [0, 0.05) is 11.6 Å². The van der Waals surface area contributed by atoms with Crippen molar-refractivity contribution in [2.45, 2.75) is 13.3 Å². The molecule has 2 amide bonds. The van der Waals surface area contributed by atoms with Crippen LogP contribution in [0.1, 0.15) is 11.1 Å². The predicted octanol–water partition coefficient (Wildman–Crippen LogP) is 3.58. The molecule has 0 aliphatic heterocycles. The molecule has 2 aromatic rings. The van der Waals surface area contributed by atoms with Gasteiger partial charge in [0.1, 0.15) is 18.1 Å². The highest BCUT2D eigenvalue weighted by atomic mass is 35.5. The standard InChI is InChI=1S/C19H23ClN2O3/c1-14-13-16(20)7-8-17(14)25-12-11-22-19(23)21-10-9-15-5-3-4-6-18(15)24-2/h3-8,13H,9-12H2,1-2H3,(H2,21,22,23). The van der Waals surface area contributed by atoms with Gasteiger partial charge in [0.05, 0.1) is 13.7 Å². The molecule has 5 nitrogen and oxygen atoms in total. The number of para-hydroxylation sites is 1. The molecular formula is C19H23ClN2O3. The summed E-state index contributed by atoms with van der Waals surface area (Å²) in [6.07, 6.45) is 0.706. The largest absolute Gasteiger partial charge is 0.496 e. The van der Waals surface area contributed by atoms with E-state index in [4.69, 9.17) is 21.1 Å². The molecule has 0 spiro atoms. The maximum absolute atomic E-state index is 11.8. The lowest BCUT2D eigenvalue weighted by molar-refractivity contribution is 0.236. The normalized spacial score (nSPS) is 10.2. The van der Waals surface area contributed by atoms with Gasteiger partial charge in [0.15, 0.2) is 0 Å². The van der Waals surface area contributed by atoms with Crippen LogP contribution >= 0.6 is 11.6 Å². The van der Waals surface area contributed by atoms with Crippen molar-refractivity contribution in [1.82, 2.24) is 10.6 Å². The minimum absolute atomic E-state index is 0.216. The number of carbonyl (C=O) groups is 1. The second kappa shape index (κ2) is 9.79. The van der Waals surface area contributed by atoms with Crippen molar-refractivity contribution < 1.29 is 14.3 Å². The Morgan fingerprint density at radius 2 is 1.84 bits per heavy atom. The van der Waals surface area contributed by atoms with Gasteiger partial charge >= 0.3 is 6.03 Å². The van der Waals surface area contributed by atoms with E-state index in [0.717, 1.165) is 22.6 Å². The number of aryl methyl sites for hydroxylation is 1. The van der Waals surface area contributed by atoms with E-state index in [1.807, 2.05) is 43.3 Å². The molecule has 0 fully saturated rings. The van der Waals surface area contributed by atoms with E-state index in [1.165, 1.54) is 0 Å². The van der Waals surface area contributed by atoms with Crippen molar-refractivity contribution in [2.75, 3.05) is 26.8 Å². The Balaban J connectivity index is 1.64. The number of carbonyl (C=O) groups excluding carboxylic acids is 1. The lowest BCUT2D eigenvalue weighted by Crippen LogP contribution is -2.38. The monoisotopic (exact) mass is 362 g/mol. The maximum atomic E-state index is 11.8. The highest BCUT2D eigenvalue weighted by Gasteiger charge is 2.04. The van der Waals surface area contributed by atoms with Crippen molar-refractivity contribution in [3.8, 4) is 11.5 Å². The van der Waals surface area contributed by atoms with E-state index in [1.54, 1.807) is 13.2 Å². The Kier molecular flexibility index (Phi) is 7.41. The Morgan fingerprint density at radius 1 is 1.08 bits per heavy atom. The summed E-state index contributed by atoms with van der Waals surface area (Å²) in [4.78, 5) is 11.8. The number of methoxy groups -OCH3 is 1. The number of urea groups is 1. The summed E-state index contributed by atoms with van der Waals surface area (Å²) in [6, 6.07) is 13.0. The van der Waals surface area contributed by atoms with Crippen LogP contribution in [0.2, 0.25) is 5.02 Å². The molecule has 2 rings (SSSR count). The number of nitrogens with one attached hydrogen (secondary N) is 2. The van der Waals surface area contributed by atoms with Crippen molar-refractivity contribution >= 4 is 17.6 Å². The van der Waals surface area contributed by atoms with Crippen LogP contribution in [0, 0.1) is 6.92 Å². The molecule has 0 saturated heterocycles. The first kappa shape index (κ1) is 18.9. The highest BCUT2D eigenvalue weighted by Crippen LogP contribution is 2.21. The molecule has 0 atom stereocenters. The zero-order valence-electron chi connectivity index (χ0n) is 14.5. The Hall–Kier alpha value is -2.40. The van der Waals surface area contributed by atoms with E-state index in [9.17, 15) is 4.79 Å². The third-order valence-electron chi connectivity index (χ3n) is 3.65. The maximum Gasteiger partial charge on any atom is 0.314 e. The average molecular weight is 363 g/mol. The van der Waals surface area contributed by atoms with Gasteiger partial charge in [-0.05, 0) is 48.7 Å². The highest BCUT2D eigenvalue weighted by molar-refractivity contribution is 6.30. The summed E-state index contributed by atoms with van der Waals surface area (Å²) in [5.41, 5.74) is 2.03. The SMILES string of the molecule is COc1ccccc1CCNC(=O)NCCOc1ccc(Cl)cc1C. The Labute approximate surface area is 153 Å². The second-order valence-corrected chi connectivity index (χ2v) is 5.94. The Morgan fingerprint density at radius 3 is 2.60 bits per heavy atom. The molecule has 0 heterocycles. The lowest BCUT2D eigenvalue weighted by atomic mass is 10.1. The van der Waals surface area contributed by atoms with Gasteiger partial charge < -0.3 is 20.1 Å². The summed E-state index contributed by atoms with van der Waals surface area (Å²) < 4.78 is 10.9. The number of amides is 2. The van der Waals surface area contributed by atoms with Crippen LogP contribution < -0.4 is 20.1 Å². The van der Waals surface area contributed by atoms with Gasteiger partial charge in [0.25, 0.3) is 0 Å². The molecule has 25 heavy (non-hydrogen) atoms. The van der Waals surface area contributed by atoms with Crippen LogP contribution in [0.3, 0.4) is 0 Å². The average Bonchev–Trinajstić information content (AvgIpc) is 2.60. The molecule has 0 saturated carbocycles. The first-order valence-corrected chi connectivity index (χ1v) is 8.50.